The van der Waals surface area contributed by atoms with Crippen molar-refractivity contribution >= 4 is 17.7 Å². The van der Waals surface area contributed by atoms with E-state index in [0.717, 1.165) is 37.2 Å². The lowest BCUT2D eigenvalue weighted by atomic mass is 10.1. The highest BCUT2D eigenvalue weighted by Crippen LogP contribution is 2.33. The number of hydrogen-bond donors (Lipinski definition) is 1. The van der Waals surface area contributed by atoms with E-state index in [9.17, 15) is 14.7 Å². The van der Waals surface area contributed by atoms with Crippen LogP contribution in [0.3, 0.4) is 0 Å². The highest BCUT2D eigenvalue weighted by atomic mass is 16.4. The first-order valence-electron chi connectivity index (χ1n) is 6.57. The van der Waals surface area contributed by atoms with E-state index >= 15 is 0 Å². The second-order valence-electron chi connectivity index (χ2n) is 5.03. The first kappa shape index (κ1) is 12.0. The molecule has 2 aliphatic heterocycles. The van der Waals surface area contributed by atoms with Crippen molar-refractivity contribution in [2.24, 2.45) is 0 Å². The molecule has 1 unspecified atom stereocenters. The number of hydrogen-bond acceptors (Lipinski definition) is 2. The molecule has 1 fully saturated rings. The molecule has 0 aromatic heterocycles. The summed E-state index contributed by atoms with van der Waals surface area (Å²) >= 11 is 0. The van der Waals surface area contributed by atoms with Crippen molar-refractivity contribution in [3.8, 4) is 0 Å². The van der Waals surface area contributed by atoms with Crippen molar-refractivity contribution in [1.29, 1.82) is 0 Å². The van der Waals surface area contributed by atoms with E-state index < -0.39 is 12.0 Å². The monoisotopic (exact) mass is 260 g/mol. The fourth-order valence-electron chi connectivity index (χ4n) is 2.88. The molecule has 5 nitrogen and oxygen atoms in total. The van der Waals surface area contributed by atoms with Crippen LogP contribution in [0, 0.1) is 0 Å². The number of amides is 2. The molecule has 0 aliphatic carbocycles. The van der Waals surface area contributed by atoms with Gasteiger partial charge in [-0.3, -0.25) is 4.90 Å². The second-order valence-corrected chi connectivity index (χ2v) is 5.03. The van der Waals surface area contributed by atoms with Gasteiger partial charge in [0, 0.05) is 25.2 Å². The van der Waals surface area contributed by atoms with E-state index in [1.54, 1.807) is 4.90 Å². The van der Waals surface area contributed by atoms with Crippen LogP contribution in [0.2, 0.25) is 0 Å². The van der Waals surface area contributed by atoms with Crippen LogP contribution in [0.25, 0.3) is 0 Å². The summed E-state index contributed by atoms with van der Waals surface area (Å²) in [6.07, 6.45) is 2.39. The molecule has 0 bridgehead atoms. The number of carbonyl (C=O) groups is 2. The normalized spacial score (nSPS) is 21.6. The average Bonchev–Trinajstić information content (AvgIpc) is 3.05. The summed E-state index contributed by atoms with van der Waals surface area (Å²) in [5, 5.41) is 9.34. The Labute approximate surface area is 111 Å². The van der Waals surface area contributed by atoms with Crippen LogP contribution in [0.1, 0.15) is 18.4 Å². The number of fused-ring (bicyclic) bond motifs is 1. The number of anilines is 1. The maximum absolute atomic E-state index is 12.5. The molecule has 2 amide bonds. The molecule has 1 aromatic rings. The molecule has 1 N–H and O–H groups in total. The third kappa shape index (κ3) is 1.95. The van der Waals surface area contributed by atoms with Crippen LogP contribution in [0.4, 0.5) is 10.5 Å². The highest BCUT2D eigenvalue weighted by molar-refractivity contribution is 6.01. The number of aliphatic carboxylic acids is 1. The zero-order valence-corrected chi connectivity index (χ0v) is 10.6. The first-order valence-corrected chi connectivity index (χ1v) is 6.57. The SMILES string of the molecule is O=C(O)C1Cc2ccccc2N1C(=O)N1CCCC1. The number of nitrogens with zero attached hydrogens (tertiary/aromatic N) is 2. The third-order valence-corrected chi connectivity index (χ3v) is 3.84. The van der Waals surface area contributed by atoms with Crippen molar-refractivity contribution in [2.75, 3.05) is 18.0 Å². The molecule has 1 atom stereocenters. The molecule has 2 aliphatic rings. The maximum Gasteiger partial charge on any atom is 0.327 e. The predicted octanol–water partition coefficient (Wildman–Crippen LogP) is 1.72. The summed E-state index contributed by atoms with van der Waals surface area (Å²) in [7, 11) is 0. The fourth-order valence-corrected chi connectivity index (χ4v) is 2.88. The summed E-state index contributed by atoms with van der Waals surface area (Å²) in [5.41, 5.74) is 1.68. The topological polar surface area (TPSA) is 60.9 Å². The fraction of sp³-hybridized carbons (Fsp3) is 0.429. The summed E-state index contributed by atoms with van der Waals surface area (Å²) in [5.74, 6) is -0.941. The number of urea groups is 1. The molecule has 100 valence electrons. The number of carbonyl (C=O) groups excluding carboxylic acids is 1. The van der Waals surface area contributed by atoms with Gasteiger partial charge < -0.3 is 10.0 Å². The Morgan fingerprint density at radius 1 is 1.16 bits per heavy atom. The molecule has 2 heterocycles. The zero-order valence-electron chi connectivity index (χ0n) is 10.6. The van der Waals surface area contributed by atoms with Gasteiger partial charge in [0.25, 0.3) is 0 Å². The quantitative estimate of drug-likeness (QED) is 0.836. The van der Waals surface area contributed by atoms with Crippen LogP contribution in [-0.2, 0) is 11.2 Å². The number of rotatable bonds is 1. The van der Waals surface area contributed by atoms with Crippen LogP contribution in [0.5, 0.6) is 0 Å². The van der Waals surface area contributed by atoms with E-state index in [0.29, 0.717) is 6.42 Å². The molecule has 19 heavy (non-hydrogen) atoms. The van der Waals surface area contributed by atoms with E-state index in [-0.39, 0.29) is 6.03 Å². The number of likely N-dealkylation sites (tertiary alicyclic amines) is 1. The number of carboxylic acid groups (broad SMARTS) is 1. The van der Waals surface area contributed by atoms with Crippen molar-refractivity contribution < 1.29 is 14.7 Å². The Hall–Kier alpha value is -2.04. The van der Waals surface area contributed by atoms with Crippen LogP contribution in [-0.4, -0.2) is 41.1 Å². The molecular weight excluding hydrogens is 244 g/mol. The van der Waals surface area contributed by atoms with Crippen LogP contribution < -0.4 is 4.90 Å². The minimum atomic E-state index is -0.941. The Morgan fingerprint density at radius 2 is 1.84 bits per heavy atom. The smallest absolute Gasteiger partial charge is 0.327 e. The molecule has 1 aromatic carbocycles. The van der Waals surface area contributed by atoms with Gasteiger partial charge in [0.15, 0.2) is 0 Å². The minimum Gasteiger partial charge on any atom is -0.480 e. The Kier molecular flexibility index (Phi) is 2.89. The van der Waals surface area contributed by atoms with E-state index in [1.165, 1.54) is 4.90 Å². The zero-order chi connectivity index (χ0) is 13.4. The molecule has 3 rings (SSSR count). The lowest BCUT2D eigenvalue weighted by molar-refractivity contribution is -0.138. The minimum absolute atomic E-state index is 0.171. The van der Waals surface area contributed by atoms with Gasteiger partial charge in [-0.05, 0) is 24.5 Å². The summed E-state index contributed by atoms with van der Waals surface area (Å²) in [4.78, 5) is 27.1. The van der Waals surface area contributed by atoms with Crippen LogP contribution >= 0.6 is 0 Å². The van der Waals surface area contributed by atoms with Crippen LogP contribution in [0.15, 0.2) is 24.3 Å². The lowest BCUT2D eigenvalue weighted by Crippen LogP contribution is -2.48. The molecule has 0 radical (unpaired) electrons. The molecule has 0 saturated carbocycles. The summed E-state index contributed by atoms with van der Waals surface area (Å²) in [6, 6.07) is 6.49. The number of benzene rings is 1. The molecular formula is C14H16N2O3. The van der Waals surface area contributed by atoms with E-state index in [1.807, 2.05) is 24.3 Å². The summed E-state index contributed by atoms with van der Waals surface area (Å²) in [6.45, 7) is 1.45. The second kappa shape index (κ2) is 4.57. The Balaban J connectivity index is 1.95. The van der Waals surface area contributed by atoms with E-state index in [2.05, 4.69) is 0 Å². The summed E-state index contributed by atoms with van der Waals surface area (Å²) < 4.78 is 0. The molecule has 0 spiro atoms. The van der Waals surface area contributed by atoms with Crippen molar-refractivity contribution in [1.82, 2.24) is 4.90 Å². The van der Waals surface area contributed by atoms with Gasteiger partial charge in [0.1, 0.15) is 6.04 Å². The number of carboxylic acids is 1. The maximum atomic E-state index is 12.5. The van der Waals surface area contributed by atoms with Gasteiger partial charge in [-0.25, -0.2) is 9.59 Å². The predicted molar refractivity (Wildman–Crippen MR) is 70.3 cm³/mol. The van der Waals surface area contributed by atoms with Gasteiger partial charge in [0.05, 0.1) is 0 Å². The highest BCUT2D eigenvalue weighted by Gasteiger charge is 2.40. The third-order valence-electron chi connectivity index (χ3n) is 3.84. The number of para-hydroxylation sites is 1. The molecule has 5 heteroatoms. The van der Waals surface area contributed by atoms with Gasteiger partial charge >= 0.3 is 12.0 Å². The Bertz CT molecular complexity index is 523. The average molecular weight is 260 g/mol. The van der Waals surface area contributed by atoms with Crippen molar-refractivity contribution in [2.45, 2.75) is 25.3 Å². The van der Waals surface area contributed by atoms with E-state index in [4.69, 9.17) is 0 Å². The van der Waals surface area contributed by atoms with Crippen molar-refractivity contribution in [3.05, 3.63) is 29.8 Å². The van der Waals surface area contributed by atoms with Gasteiger partial charge in [-0.1, -0.05) is 18.2 Å². The molecule has 1 saturated heterocycles. The van der Waals surface area contributed by atoms with Gasteiger partial charge in [-0.15, -0.1) is 0 Å². The standard InChI is InChI=1S/C14H16N2O3/c17-13(18)12-9-10-5-1-2-6-11(10)16(12)14(19)15-7-3-4-8-15/h1-2,5-6,12H,3-4,7-9H2,(H,17,18). The first-order chi connectivity index (χ1) is 9.18. The van der Waals surface area contributed by atoms with Gasteiger partial charge in [0.2, 0.25) is 0 Å². The Morgan fingerprint density at radius 3 is 2.53 bits per heavy atom. The van der Waals surface area contributed by atoms with Crippen molar-refractivity contribution in [3.63, 3.8) is 0 Å². The lowest BCUT2D eigenvalue weighted by Gasteiger charge is -2.27. The largest absolute Gasteiger partial charge is 0.480 e. The van der Waals surface area contributed by atoms with Gasteiger partial charge in [-0.2, -0.15) is 0 Å².